The lowest BCUT2D eigenvalue weighted by atomic mass is 10.8. The Bertz CT molecular complexity index is 321. The van der Waals surface area contributed by atoms with Gasteiger partial charge >= 0.3 is 5.97 Å². The number of rotatable bonds is 18. The Balaban J connectivity index is 3.19. The van der Waals surface area contributed by atoms with Crippen LogP contribution in [0.2, 0.25) is 0 Å². The van der Waals surface area contributed by atoms with E-state index in [0.29, 0.717) is 17.4 Å². The molecule has 24 heavy (non-hydrogen) atoms. The van der Waals surface area contributed by atoms with Crippen molar-refractivity contribution in [3.63, 3.8) is 0 Å². The van der Waals surface area contributed by atoms with Gasteiger partial charge in [-0.25, -0.2) is 0 Å². The molecule has 0 amide bonds. The monoisotopic (exact) mass is 470 g/mol. The van der Waals surface area contributed by atoms with Crippen LogP contribution < -0.4 is 0 Å². The van der Waals surface area contributed by atoms with Gasteiger partial charge in [0.25, 0.3) is 0 Å². The maximum Gasteiger partial charge on any atom is 0.316 e. The van der Waals surface area contributed by atoms with E-state index in [4.69, 9.17) is 9.84 Å². The summed E-state index contributed by atoms with van der Waals surface area (Å²) in [6, 6.07) is 0. The fourth-order valence-corrected chi connectivity index (χ4v) is 8.88. The van der Waals surface area contributed by atoms with Crippen LogP contribution >= 0.6 is 70.6 Å². The summed E-state index contributed by atoms with van der Waals surface area (Å²) in [6.45, 7) is 2.20. The van der Waals surface area contributed by atoms with Gasteiger partial charge in [0.1, 0.15) is 5.94 Å². The first-order valence-electron chi connectivity index (χ1n) is 7.28. The van der Waals surface area contributed by atoms with Crippen molar-refractivity contribution >= 4 is 87.3 Å². The summed E-state index contributed by atoms with van der Waals surface area (Å²) < 4.78 is 16.6. The number of hydrogen-bond acceptors (Lipinski definition) is 10. The molecule has 1 N–H and O–H groups in total. The molecule has 0 fully saturated rings. The molecule has 1 atom stereocenters. The average Bonchev–Trinajstić information content (AvgIpc) is 2.58. The van der Waals surface area contributed by atoms with Crippen molar-refractivity contribution in [1.29, 1.82) is 0 Å². The van der Waals surface area contributed by atoms with Gasteiger partial charge in [0.15, 0.2) is 0 Å². The van der Waals surface area contributed by atoms with Gasteiger partial charge in [0.05, 0.1) is 17.4 Å². The number of aliphatic hydroxyl groups excluding tert-OH is 1. The van der Waals surface area contributed by atoms with Crippen LogP contribution in [0, 0.1) is 0 Å². The standard InChI is InChI=1S/C13H26O4S7/c1-2-18-12-24(16)6-5-20-9-22-11-23-10-21-7-13(15)17-8-19-4-3-14/h14H,2-12H2,1H3. The van der Waals surface area contributed by atoms with Crippen molar-refractivity contribution in [2.75, 3.05) is 61.6 Å². The van der Waals surface area contributed by atoms with Crippen molar-refractivity contribution in [1.82, 2.24) is 0 Å². The second-order valence-electron chi connectivity index (χ2n) is 4.04. The third kappa shape index (κ3) is 20.0. The summed E-state index contributed by atoms with van der Waals surface area (Å²) in [5.74, 6) is 3.89. The van der Waals surface area contributed by atoms with E-state index >= 15 is 0 Å². The maximum absolute atomic E-state index is 11.6. The summed E-state index contributed by atoms with van der Waals surface area (Å²) in [7, 11) is -0.673. The molecule has 0 radical (unpaired) electrons. The van der Waals surface area contributed by atoms with E-state index in [1.54, 1.807) is 35.3 Å². The number of aliphatic hydroxyl groups is 1. The van der Waals surface area contributed by atoms with Crippen LogP contribution in [0.25, 0.3) is 0 Å². The molecule has 0 rings (SSSR count). The van der Waals surface area contributed by atoms with Crippen LogP contribution in [0.1, 0.15) is 6.92 Å². The van der Waals surface area contributed by atoms with Crippen LogP contribution in [0.3, 0.4) is 0 Å². The first-order chi connectivity index (χ1) is 11.7. The van der Waals surface area contributed by atoms with Crippen molar-refractivity contribution in [3.05, 3.63) is 0 Å². The topological polar surface area (TPSA) is 63.6 Å². The van der Waals surface area contributed by atoms with Crippen LogP contribution in [-0.4, -0.2) is 76.9 Å². The SMILES string of the molecule is CCSCS(=O)CCSCSCSCSCC(=O)OCSCCO. The number of carbonyl (C=O) groups excluding carboxylic acids is 1. The Morgan fingerprint density at radius 2 is 1.71 bits per heavy atom. The lowest BCUT2D eigenvalue weighted by molar-refractivity contribution is -0.138. The van der Waals surface area contributed by atoms with E-state index < -0.39 is 10.8 Å². The Morgan fingerprint density at radius 3 is 2.42 bits per heavy atom. The number of carbonyl (C=O) groups is 1. The van der Waals surface area contributed by atoms with Gasteiger partial charge < -0.3 is 9.84 Å². The smallest absolute Gasteiger partial charge is 0.316 e. The van der Waals surface area contributed by atoms with Crippen LogP contribution in [-0.2, 0) is 20.3 Å². The summed E-state index contributed by atoms with van der Waals surface area (Å²) in [4.78, 5) is 11.4. The normalized spacial score (nSPS) is 12.2. The fourth-order valence-electron chi connectivity index (χ4n) is 1.09. The van der Waals surface area contributed by atoms with Crippen molar-refractivity contribution in [3.8, 4) is 0 Å². The number of thioether (sulfide) groups is 6. The molecule has 0 aliphatic heterocycles. The lowest BCUT2D eigenvalue weighted by Crippen LogP contribution is -2.07. The first kappa shape index (κ1) is 25.7. The van der Waals surface area contributed by atoms with Gasteiger partial charge in [-0.05, 0) is 5.75 Å². The average molecular weight is 471 g/mol. The van der Waals surface area contributed by atoms with Crippen LogP contribution in [0.5, 0.6) is 0 Å². The molecule has 0 heterocycles. The quantitative estimate of drug-likeness (QED) is 0.183. The van der Waals surface area contributed by atoms with Gasteiger partial charge in [0.2, 0.25) is 0 Å². The molecule has 0 aliphatic rings. The minimum Gasteiger partial charge on any atom is -0.454 e. The molecule has 4 nitrogen and oxygen atoms in total. The van der Waals surface area contributed by atoms with E-state index in [1.807, 2.05) is 23.5 Å². The highest BCUT2D eigenvalue weighted by Gasteiger charge is 2.03. The van der Waals surface area contributed by atoms with Gasteiger partial charge in [-0.15, -0.1) is 58.8 Å². The Morgan fingerprint density at radius 1 is 1.00 bits per heavy atom. The summed E-state index contributed by atoms with van der Waals surface area (Å²) in [6.07, 6.45) is 0. The predicted molar refractivity (Wildman–Crippen MR) is 121 cm³/mol. The maximum atomic E-state index is 11.6. The molecule has 0 saturated carbocycles. The number of ether oxygens (including phenoxy) is 1. The zero-order valence-corrected chi connectivity index (χ0v) is 19.5. The molecule has 1 unspecified atom stereocenters. The molecular weight excluding hydrogens is 445 g/mol. The first-order valence-corrected chi connectivity index (χ1v) is 15.7. The number of hydrogen-bond donors (Lipinski definition) is 1. The minimum atomic E-state index is -0.673. The highest BCUT2D eigenvalue weighted by Crippen LogP contribution is 2.21. The second-order valence-corrected chi connectivity index (χ2v) is 13.5. The van der Waals surface area contributed by atoms with Gasteiger partial charge in [-0.2, -0.15) is 11.8 Å². The van der Waals surface area contributed by atoms with E-state index in [-0.39, 0.29) is 12.6 Å². The van der Waals surface area contributed by atoms with Gasteiger partial charge in [-0.1, -0.05) is 6.92 Å². The van der Waals surface area contributed by atoms with E-state index in [1.165, 1.54) is 11.8 Å². The molecule has 0 bridgehead atoms. The van der Waals surface area contributed by atoms with Crippen molar-refractivity contribution < 1.29 is 18.8 Å². The second kappa shape index (κ2) is 21.0. The molecule has 0 saturated heterocycles. The Hall–Kier alpha value is 1.68. The number of esters is 1. The molecule has 144 valence electrons. The summed E-state index contributed by atoms with van der Waals surface area (Å²) >= 11 is 10.2. The molecule has 0 aromatic heterocycles. The molecule has 0 aromatic rings. The zero-order chi connectivity index (χ0) is 17.9. The van der Waals surface area contributed by atoms with E-state index in [0.717, 1.165) is 37.6 Å². The van der Waals surface area contributed by atoms with Gasteiger partial charge in [-0.3, -0.25) is 9.00 Å². The lowest BCUT2D eigenvalue weighted by Gasteiger charge is -2.04. The third-order valence-electron chi connectivity index (χ3n) is 2.13. The van der Waals surface area contributed by atoms with Crippen LogP contribution in [0.4, 0.5) is 0 Å². The Kier molecular flexibility index (Phi) is 22.5. The molecule has 0 aromatic carbocycles. The predicted octanol–water partition coefficient (Wildman–Crippen LogP) is 3.48. The largest absolute Gasteiger partial charge is 0.454 e. The zero-order valence-electron chi connectivity index (χ0n) is 13.8. The highest BCUT2D eigenvalue weighted by molar-refractivity contribution is 8.26. The molecule has 0 aliphatic carbocycles. The Labute approximate surface area is 173 Å². The van der Waals surface area contributed by atoms with Gasteiger partial charge in [0, 0.05) is 43.3 Å². The fraction of sp³-hybridized carbons (Fsp3) is 0.923. The molecule has 11 heteroatoms. The molecular formula is C13H26O4S7. The third-order valence-corrected chi connectivity index (χ3v) is 10.9. The summed E-state index contributed by atoms with van der Waals surface area (Å²) in [5, 5.41) is 12.3. The highest BCUT2D eigenvalue weighted by atomic mass is 32.3. The molecule has 0 spiro atoms. The summed E-state index contributed by atoms with van der Waals surface area (Å²) in [5.41, 5.74) is 0. The van der Waals surface area contributed by atoms with Crippen molar-refractivity contribution in [2.24, 2.45) is 0 Å². The minimum absolute atomic E-state index is 0.110. The van der Waals surface area contributed by atoms with Crippen LogP contribution in [0.15, 0.2) is 0 Å². The van der Waals surface area contributed by atoms with E-state index in [2.05, 4.69) is 6.92 Å². The van der Waals surface area contributed by atoms with Crippen molar-refractivity contribution in [2.45, 2.75) is 6.92 Å². The van der Waals surface area contributed by atoms with E-state index in [9.17, 15) is 9.00 Å².